The lowest BCUT2D eigenvalue weighted by Gasteiger charge is -2.09. The van der Waals surface area contributed by atoms with Crippen LogP contribution in [0.15, 0.2) is 36.4 Å². The van der Waals surface area contributed by atoms with Gasteiger partial charge in [0, 0.05) is 11.4 Å². The Kier molecular flexibility index (Phi) is 4.55. The molecule has 0 aliphatic carbocycles. The van der Waals surface area contributed by atoms with E-state index >= 15 is 0 Å². The molecule has 0 heterocycles. The average molecular weight is 347 g/mol. The zero-order valence-electron chi connectivity index (χ0n) is 11.2. The zero-order chi connectivity index (χ0) is 15.4. The number of rotatable bonds is 4. The van der Waals surface area contributed by atoms with Crippen molar-refractivity contribution < 1.29 is 9.66 Å². The van der Waals surface area contributed by atoms with Crippen molar-refractivity contribution in [2.45, 2.75) is 12.3 Å². The van der Waals surface area contributed by atoms with E-state index in [-0.39, 0.29) is 11.4 Å². The van der Waals surface area contributed by atoms with Crippen LogP contribution in [0.4, 0.5) is 5.69 Å². The standard InChI is InChI=1S/C15H11BrN2O3/c1-10-2-4-13(18(19)20)15(6-10)21-14-5-3-11(8-16)7-12(14)9-17/h2-7H,8H2,1H3. The Labute approximate surface area is 130 Å². The van der Waals surface area contributed by atoms with Crippen LogP contribution in [0.2, 0.25) is 0 Å². The van der Waals surface area contributed by atoms with E-state index in [0.29, 0.717) is 16.6 Å². The molecular formula is C15H11BrN2O3. The van der Waals surface area contributed by atoms with Crippen molar-refractivity contribution in [3.05, 3.63) is 63.2 Å². The fourth-order valence-corrected chi connectivity index (χ4v) is 2.16. The number of ether oxygens (including phenoxy) is 1. The summed E-state index contributed by atoms with van der Waals surface area (Å²) in [7, 11) is 0. The number of hydrogen-bond donors (Lipinski definition) is 0. The minimum absolute atomic E-state index is 0.128. The van der Waals surface area contributed by atoms with Gasteiger partial charge < -0.3 is 4.74 Å². The van der Waals surface area contributed by atoms with Crippen LogP contribution in [-0.4, -0.2) is 4.92 Å². The van der Waals surface area contributed by atoms with Gasteiger partial charge in [0.05, 0.1) is 10.5 Å². The average Bonchev–Trinajstić information content (AvgIpc) is 2.47. The molecule has 0 fully saturated rings. The Morgan fingerprint density at radius 3 is 2.67 bits per heavy atom. The van der Waals surface area contributed by atoms with Crippen LogP contribution in [0.1, 0.15) is 16.7 Å². The Bertz CT molecular complexity index is 738. The van der Waals surface area contributed by atoms with Gasteiger partial charge in [0.25, 0.3) is 0 Å². The largest absolute Gasteiger partial charge is 0.449 e. The van der Waals surface area contributed by atoms with Crippen LogP contribution in [0, 0.1) is 28.4 Å². The van der Waals surface area contributed by atoms with Gasteiger partial charge >= 0.3 is 5.69 Å². The lowest BCUT2D eigenvalue weighted by Crippen LogP contribution is -1.96. The predicted molar refractivity (Wildman–Crippen MR) is 81.7 cm³/mol. The van der Waals surface area contributed by atoms with E-state index < -0.39 is 4.92 Å². The quantitative estimate of drug-likeness (QED) is 0.465. The first-order valence-corrected chi connectivity index (χ1v) is 7.19. The molecule has 0 unspecified atom stereocenters. The molecule has 2 aromatic rings. The first kappa shape index (κ1) is 15.0. The molecule has 2 rings (SSSR count). The lowest BCUT2D eigenvalue weighted by molar-refractivity contribution is -0.385. The number of nitro benzene ring substituents is 1. The summed E-state index contributed by atoms with van der Waals surface area (Å²) in [5, 5.41) is 20.8. The van der Waals surface area contributed by atoms with Crippen molar-refractivity contribution in [1.82, 2.24) is 0 Å². The summed E-state index contributed by atoms with van der Waals surface area (Å²) < 4.78 is 5.59. The number of benzene rings is 2. The van der Waals surface area contributed by atoms with Gasteiger partial charge in [-0.3, -0.25) is 10.1 Å². The van der Waals surface area contributed by atoms with E-state index in [4.69, 9.17) is 4.74 Å². The van der Waals surface area contributed by atoms with Gasteiger partial charge in [-0.25, -0.2) is 0 Å². The van der Waals surface area contributed by atoms with E-state index in [1.165, 1.54) is 6.07 Å². The predicted octanol–water partition coefficient (Wildman–Crippen LogP) is 4.46. The highest BCUT2D eigenvalue weighted by atomic mass is 79.9. The van der Waals surface area contributed by atoms with Crippen LogP contribution in [0.5, 0.6) is 11.5 Å². The monoisotopic (exact) mass is 346 g/mol. The second-order valence-corrected chi connectivity index (χ2v) is 4.97. The molecule has 0 spiro atoms. The number of hydrogen-bond acceptors (Lipinski definition) is 4. The summed E-state index contributed by atoms with van der Waals surface area (Å²) in [5.74, 6) is 0.430. The number of halogens is 1. The van der Waals surface area contributed by atoms with Crippen LogP contribution in [-0.2, 0) is 5.33 Å². The minimum atomic E-state index is -0.506. The fraction of sp³-hybridized carbons (Fsp3) is 0.133. The first-order valence-electron chi connectivity index (χ1n) is 6.07. The third kappa shape index (κ3) is 3.38. The smallest absolute Gasteiger partial charge is 0.311 e. The molecule has 0 saturated carbocycles. The van der Waals surface area contributed by atoms with E-state index in [1.54, 1.807) is 30.3 Å². The van der Waals surface area contributed by atoms with Gasteiger partial charge in [0.1, 0.15) is 11.8 Å². The SMILES string of the molecule is Cc1ccc([N+](=O)[O-])c(Oc2ccc(CBr)cc2C#N)c1. The topological polar surface area (TPSA) is 76.2 Å². The molecule has 0 atom stereocenters. The van der Waals surface area contributed by atoms with Crippen molar-refractivity contribution in [2.24, 2.45) is 0 Å². The molecule has 0 saturated heterocycles. The maximum absolute atomic E-state index is 11.0. The van der Waals surface area contributed by atoms with E-state index in [0.717, 1.165) is 11.1 Å². The minimum Gasteiger partial charge on any atom is -0.449 e. The lowest BCUT2D eigenvalue weighted by atomic mass is 10.1. The Hall–Kier alpha value is -2.39. The highest BCUT2D eigenvalue weighted by Gasteiger charge is 2.17. The van der Waals surface area contributed by atoms with Crippen molar-refractivity contribution in [3.63, 3.8) is 0 Å². The Morgan fingerprint density at radius 2 is 2.05 bits per heavy atom. The maximum atomic E-state index is 11.0. The molecule has 0 aromatic heterocycles. The highest BCUT2D eigenvalue weighted by Crippen LogP contribution is 2.34. The van der Waals surface area contributed by atoms with Gasteiger partial charge in [0.2, 0.25) is 5.75 Å². The van der Waals surface area contributed by atoms with Gasteiger partial charge in [-0.05, 0) is 36.2 Å². The van der Waals surface area contributed by atoms with Gasteiger partial charge in [-0.2, -0.15) is 5.26 Å². The maximum Gasteiger partial charge on any atom is 0.311 e. The summed E-state index contributed by atoms with van der Waals surface area (Å²) in [5.41, 5.74) is 1.97. The molecule has 0 radical (unpaired) electrons. The molecule has 0 aliphatic heterocycles. The molecule has 2 aromatic carbocycles. The van der Waals surface area contributed by atoms with Crippen LogP contribution < -0.4 is 4.74 Å². The van der Waals surface area contributed by atoms with Gasteiger partial charge in [0.15, 0.2) is 0 Å². The first-order chi connectivity index (χ1) is 10.0. The van der Waals surface area contributed by atoms with Crippen LogP contribution >= 0.6 is 15.9 Å². The summed E-state index contributed by atoms with van der Waals surface area (Å²) in [6.07, 6.45) is 0. The highest BCUT2D eigenvalue weighted by molar-refractivity contribution is 9.08. The molecule has 0 amide bonds. The molecule has 0 N–H and O–H groups in total. The summed E-state index contributed by atoms with van der Waals surface area (Å²) in [4.78, 5) is 10.5. The number of alkyl halides is 1. The van der Waals surface area contributed by atoms with E-state index in [2.05, 4.69) is 15.9 Å². The second-order valence-electron chi connectivity index (χ2n) is 4.41. The number of aryl methyl sites for hydroxylation is 1. The molecule has 21 heavy (non-hydrogen) atoms. The molecule has 0 bridgehead atoms. The van der Waals surface area contributed by atoms with Crippen molar-refractivity contribution in [3.8, 4) is 17.6 Å². The second kappa shape index (κ2) is 6.37. The third-order valence-electron chi connectivity index (χ3n) is 2.85. The van der Waals surface area contributed by atoms with Crippen molar-refractivity contribution >= 4 is 21.6 Å². The van der Waals surface area contributed by atoms with Crippen molar-refractivity contribution in [2.75, 3.05) is 0 Å². The Balaban J connectivity index is 2.45. The molecule has 6 heteroatoms. The van der Waals surface area contributed by atoms with Gasteiger partial charge in [-0.1, -0.05) is 28.1 Å². The van der Waals surface area contributed by atoms with Gasteiger partial charge in [-0.15, -0.1) is 0 Å². The fourth-order valence-electron chi connectivity index (χ4n) is 1.81. The Morgan fingerprint density at radius 1 is 1.29 bits per heavy atom. The summed E-state index contributed by atoms with van der Waals surface area (Å²) >= 11 is 3.31. The normalized spacial score (nSPS) is 9.95. The van der Waals surface area contributed by atoms with E-state index in [9.17, 15) is 15.4 Å². The van der Waals surface area contributed by atoms with Crippen LogP contribution in [0.3, 0.4) is 0 Å². The zero-order valence-corrected chi connectivity index (χ0v) is 12.8. The molecular weight excluding hydrogens is 336 g/mol. The molecule has 106 valence electrons. The number of nitrogens with zero attached hydrogens (tertiary/aromatic N) is 2. The number of nitro groups is 1. The van der Waals surface area contributed by atoms with Crippen molar-refractivity contribution in [1.29, 1.82) is 5.26 Å². The van der Waals surface area contributed by atoms with E-state index in [1.807, 2.05) is 13.0 Å². The number of nitriles is 1. The molecule has 5 nitrogen and oxygen atoms in total. The summed E-state index contributed by atoms with van der Waals surface area (Å²) in [6, 6.07) is 11.8. The van der Waals surface area contributed by atoms with Crippen LogP contribution in [0.25, 0.3) is 0 Å². The third-order valence-corrected chi connectivity index (χ3v) is 3.50. The molecule has 0 aliphatic rings. The summed E-state index contributed by atoms with van der Waals surface area (Å²) in [6.45, 7) is 1.82.